The first-order valence-corrected chi connectivity index (χ1v) is 6.49. The molecule has 1 rings (SSSR count). The zero-order chi connectivity index (χ0) is 12.3. The molecule has 16 heavy (non-hydrogen) atoms. The van der Waals surface area contributed by atoms with Gasteiger partial charge in [-0.15, -0.1) is 0 Å². The van der Waals surface area contributed by atoms with Gasteiger partial charge in [-0.3, -0.25) is 10.1 Å². The SMILES string of the molecule is CC(=NO)c1ccccc1P(N)(=O)N(C)C. The van der Waals surface area contributed by atoms with Gasteiger partial charge in [-0.05, 0) is 27.1 Å². The first-order valence-electron chi connectivity index (χ1n) is 4.76. The maximum absolute atomic E-state index is 12.3. The van der Waals surface area contributed by atoms with Gasteiger partial charge in [0.15, 0.2) is 0 Å². The van der Waals surface area contributed by atoms with E-state index in [1.807, 2.05) is 0 Å². The van der Waals surface area contributed by atoms with Crippen LogP contribution in [-0.2, 0) is 4.57 Å². The van der Waals surface area contributed by atoms with Crippen molar-refractivity contribution in [3.63, 3.8) is 0 Å². The molecule has 0 bridgehead atoms. The average Bonchev–Trinajstić information content (AvgIpc) is 2.27. The second-order valence-corrected chi connectivity index (χ2v) is 6.20. The second-order valence-electron chi connectivity index (χ2n) is 3.67. The first kappa shape index (κ1) is 12.9. The van der Waals surface area contributed by atoms with Crippen LogP contribution in [0, 0.1) is 0 Å². The van der Waals surface area contributed by atoms with Gasteiger partial charge >= 0.3 is 0 Å². The quantitative estimate of drug-likeness (QED) is 0.361. The largest absolute Gasteiger partial charge is 0.411 e. The fraction of sp³-hybridized carbons (Fsp3) is 0.300. The molecule has 0 heterocycles. The fourth-order valence-electron chi connectivity index (χ4n) is 1.33. The van der Waals surface area contributed by atoms with Crippen LogP contribution in [0.4, 0.5) is 0 Å². The van der Waals surface area contributed by atoms with E-state index in [1.54, 1.807) is 45.3 Å². The van der Waals surface area contributed by atoms with Crippen molar-refractivity contribution in [2.75, 3.05) is 14.1 Å². The van der Waals surface area contributed by atoms with Crippen LogP contribution in [0.25, 0.3) is 0 Å². The van der Waals surface area contributed by atoms with Crippen LogP contribution in [0.15, 0.2) is 29.4 Å². The predicted molar refractivity (Wildman–Crippen MR) is 65.6 cm³/mol. The zero-order valence-corrected chi connectivity index (χ0v) is 10.5. The van der Waals surface area contributed by atoms with Crippen molar-refractivity contribution >= 4 is 18.5 Å². The van der Waals surface area contributed by atoms with Crippen LogP contribution < -0.4 is 10.8 Å². The smallest absolute Gasteiger partial charge is 0.240 e. The summed E-state index contributed by atoms with van der Waals surface area (Å²) >= 11 is 0. The summed E-state index contributed by atoms with van der Waals surface area (Å²) in [4.78, 5) is 0. The van der Waals surface area contributed by atoms with E-state index in [-0.39, 0.29) is 0 Å². The third-order valence-electron chi connectivity index (χ3n) is 2.38. The van der Waals surface area contributed by atoms with E-state index >= 15 is 0 Å². The molecule has 0 spiro atoms. The third kappa shape index (κ3) is 2.32. The van der Waals surface area contributed by atoms with Gasteiger partial charge in [0, 0.05) is 10.9 Å². The van der Waals surface area contributed by atoms with Gasteiger partial charge < -0.3 is 5.21 Å². The summed E-state index contributed by atoms with van der Waals surface area (Å²) in [5, 5.41) is 12.4. The topological polar surface area (TPSA) is 78.9 Å². The van der Waals surface area contributed by atoms with Crippen LogP contribution in [0.5, 0.6) is 0 Å². The molecule has 6 heteroatoms. The van der Waals surface area contributed by atoms with E-state index in [1.165, 1.54) is 4.67 Å². The van der Waals surface area contributed by atoms with E-state index in [2.05, 4.69) is 5.16 Å². The maximum atomic E-state index is 12.3. The van der Waals surface area contributed by atoms with Crippen LogP contribution in [0.3, 0.4) is 0 Å². The molecule has 3 N–H and O–H groups in total. The molecule has 0 aromatic heterocycles. The van der Waals surface area contributed by atoms with Crippen LogP contribution in [0.1, 0.15) is 12.5 Å². The number of nitrogens with two attached hydrogens (primary N) is 1. The van der Waals surface area contributed by atoms with Crippen molar-refractivity contribution < 1.29 is 9.77 Å². The minimum atomic E-state index is -3.08. The molecule has 1 unspecified atom stereocenters. The molecule has 0 aliphatic carbocycles. The lowest BCUT2D eigenvalue weighted by molar-refractivity contribution is 0.319. The molecule has 0 radical (unpaired) electrons. The molecule has 1 atom stereocenters. The number of oxime groups is 1. The summed E-state index contributed by atoms with van der Waals surface area (Å²) in [7, 11) is 0.231. The van der Waals surface area contributed by atoms with Gasteiger partial charge in [-0.2, -0.15) is 0 Å². The highest BCUT2D eigenvalue weighted by Gasteiger charge is 2.25. The molecule has 1 aromatic rings. The fourth-order valence-corrected chi connectivity index (χ4v) is 2.64. The number of rotatable bonds is 3. The highest BCUT2D eigenvalue weighted by molar-refractivity contribution is 7.67. The van der Waals surface area contributed by atoms with E-state index in [4.69, 9.17) is 10.7 Å². The van der Waals surface area contributed by atoms with Gasteiger partial charge in [0.05, 0.1) is 5.71 Å². The summed E-state index contributed by atoms with van der Waals surface area (Å²) in [6.07, 6.45) is 0. The normalized spacial score (nSPS) is 16.2. The highest BCUT2D eigenvalue weighted by Crippen LogP contribution is 2.38. The van der Waals surface area contributed by atoms with Crippen LogP contribution in [-0.4, -0.2) is 29.7 Å². The lowest BCUT2D eigenvalue weighted by Gasteiger charge is -2.22. The Hall–Kier alpha value is -1.16. The lowest BCUT2D eigenvalue weighted by Crippen LogP contribution is -2.28. The molecular weight excluding hydrogens is 225 g/mol. The highest BCUT2D eigenvalue weighted by atomic mass is 31.2. The Morgan fingerprint density at radius 2 is 2.00 bits per heavy atom. The Morgan fingerprint density at radius 3 is 2.50 bits per heavy atom. The minimum Gasteiger partial charge on any atom is -0.411 e. The first-order chi connectivity index (χ1) is 7.41. The monoisotopic (exact) mass is 241 g/mol. The van der Waals surface area contributed by atoms with Gasteiger partial charge in [0.25, 0.3) is 0 Å². The van der Waals surface area contributed by atoms with Gasteiger partial charge in [0.1, 0.15) is 0 Å². The molecule has 0 fully saturated rings. The average molecular weight is 241 g/mol. The predicted octanol–water partition coefficient (Wildman–Crippen LogP) is 1.22. The Kier molecular flexibility index (Phi) is 3.86. The van der Waals surface area contributed by atoms with Gasteiger partial charge in [-0.25, -0.2) is 4.67 Å². The van der Waals surface area contributed by atoms with Crippen molar-refractivity contribution in [2.24, 2.45) is 10.7 Å². The van der Waals surface area contributed by atoms with Gasteiger partial charge in [0.2, 0.25) is 7.44 Å². The Balaban J connectivity index is 3.41. The molecule has 88 valence electrons. The lowest BCUT2D eigenvalue weighted by atomic mass is 10.1. The van der Waals surface area contributed by atoms with Crippen LogP contribution >= 0.6 is 7.44 Å². The van der Waals surface area contributed by atoms with Crippen molar-refractivity contribution in [3.05, 3.63) is 29.8 Å². The number of nitrogens with zero attached hydrogens (tertiary/aromatic N) is 2. The van der Waals surface area contributed by atoms with Gasteiger partial charge in [-0.1, -0.05) is 23.4 Å². The van der Waals surface area contributed by atoms with Crippen molar-refractivity contribution in [1.82, 2.24) is 4.67 Å². The molecule has 0 saturated carbocycles. The van der Waals surface area contributed by atoms with E-state index in [0.29, 0.717) is 16.6 Å². The Bertz CT molecular complexity index is 457. The molecule has 1 aromatic carbocycles. The van der Waals surface area contributed by atoms with Crippen molar-refractivity contribution in [1.29, 1.82) is 0 Å². The molecular formula is C10H16N3O2P. The summed E-state index contributed by atoms with van der Waals surface area (Å²) in [5.41, 5.74) is 6.81. The van der Waals surface area contributed by atoms with Crippen molar-refractivity contribution in [2.45, 2.75) is 6.92 Å². The Labute approximate surface area is 95.0 Å². The van der Waals surface area contributed by atoms with E-state index < -0.39 is 7.44 Å². The third-order valence-corrected chi connectivity index (χ3v) is 4.65. The van der Waals surface area contributed by atoms with Crippen LogP contribution in [0.2, 0.25) is 0 Å². The molecule has 0 aliphatic rings. The molecule has 0 aliphatic heterocycles. The summed E-state index contributed by atoms with van der Waals surface area (Å²) in [6, 6.07) is 6.95. The summed E-state index contributed by atoms with van der Waals surface area (Å²) < 4.78 is 13.8. The van der Waals surface area contributed by atoms with Crippen molar-refractivity contribution in [3.8, 4) is 0 Å². The molecule has 0 amide bonds. The molecule has 5 nitrogen and oxygen atoms in total. The molecule has 0 saturated heterocycles. The summed E-state index contributed by atoms with van der Waals surface area (Å²) in [5.74, 6) is 0. The number of hydrogen-bond acceptors (Lipinski definition) is 3. The number of hydrogen-bond donors (Lipinski definition) is 2. The second kappa shape index (κ2) is 4.78. The standard InChI is InChI=1S/C10H16N3O2P/c1-8(12-14)9-6-4-5-7-10(9)16(11,15)13(2)3/h4-7,14H,1-3H3,(H2,11,15). The zero-order valence-electron chi connectivity index (χ0n) is 9.58. The minimum absolute atomic E-state index is 0.392. The Morgan fingerprint density at radius 1 is 1.44 bits per heavy atom. The van der Waals surface area contributed by atoms with E-state index in [0.717, 1.165) is 0 Å². The van der Waals surface area contributed by atoms with E-state index in [9.17, 15) is 4.57 Å². The maximum Gasteiger partial charge on any atom is 0.240 e. The summed E-state index contributed by atoms with van der Waals surface area (Å²) in [6.45, 7) is 1.63. The number of benzene rings is 1.